The Hall–Kier alpha value is -1.90. The van der Waals surface area contributed by atoms with Gasteiger partial charge in [0.1, 0.15) is 5.15 Å². The zero-order chi connectivity index (χ0) is 19.8. The van der Waals surface area contributed by atoms with Crippen molar-refractivity contribution in [2.24, 2.45) is 0 Å². The van der Waals surface area contributed by atoms with Crippen LogP contribution in [0, 0.1) is 13.8 Å². The Morgan fingerprint density at radius 3 is 2.26 bits per heavy atom. The van der Waals surface area contributed by atoms with Crippen LogP contribution in [0.4, 0.5) is 0 Å². The first-order valence-electron chi connectivity index (χ1n) is 8.69. The molecule has 1 aliphatic rings. The molecule has 7 nitrogen and oxygen atoms in total. The summed E-state index contributed by atoms with van der Waals surface area (Å²) in [6, 6.07) is 8.06. The van der Waals surface area contributed by atoms with Crippen molar-refractivity contribution in [1.82, 2.24) is 19.0 Å². The number of hydrogen-bond acceptors (Lipinski definition) is 4. The van der Waals surface area contributed by atoms with Gasteiger partial charge in [-0.2, -0.15) is 9.40 Å². The number of aryl methyl sites for hydroxylation is 2. The number of halogens is 1. The molecular formula is C18H23ClN4O3S. The van der Waals surface area contributed by atoms with Crippen molar-refractivity contribution in [3.05, 3.63) is 51.8 Å². The number of benzene rings is 1. The number of carbonyl (C=O) groups is 1. The highest BCUT2D eigenvalue weighted by atomic mass is 35.5. The summed E-state index contributed by atoms with van der Waals surface area (Å²) < 4.78 is 26.3. The first kappa shape index (κ1) is 19.9. The molecule has 0 aliphatic carbocycles. The molecule has 0 bridgehead atoms. The zero-order valence-electron chi connectivity index (χ0n) is 15.6. The van der Waals surface area contributed by atoms with Gasteiger partial charge in [-0.15, -0.1) is 0 Å². The Bertz CT molecular complexity index is 946. The van der Waals surface area contributed by atoms with E-state index >= 15 is 0 Å². The van der Waals surface area contributed by atoms with E-state index in [4.69, 9.17) is 11.6 Å². The third-order valence-corrected chi connectivity index (χ3v) is 6.41. The average molecular weight is 411 g/mol. The lowest BCUT2D eigenvalue weighted by atomic mass is 10.1. The molecule has 1 saturated heterocycles. The number of hydrogen-bond donors (Lipinski definition) is 0. The van der Waals surface area contributed by atoms with E-state index in [9.17, 15) is 13.2 Å². The number of carbonyl (C=O) groups excluding carboxylic acids is 1. The van der Waals surface area contributed by atoms with Crippen LogP contribution in [0.2, 0.25) is 5.15 Å². The van der Waals surface area contributed by atoms with Gasteiger partial charge in [0.05, 0.1) is 24.1 Å². The van der Waals surface area contributed by atoms with Crippen LogP contribution in [0.1, 0.15) is 27.2 Å². The van der Waals surface area contributed by atoms with E-state index in [2.05, 4.69) is 5.10 Å². The minimum atomic E-state index is -3.24. The summed E-state index contributed by atoms with van der Waals surface area (Å²) in [4.78, 5) is 14.6. The van der Waals surface area contributed by atoms with Gasteiger partial charge in [-0.1, -0.05) is 41.4 Å². The molecular weight excluding hydrogens is 388 g/mol. The summed E-state index contributed by atoms with van der Waals surface area (Å²) in [5.74, 6) is -0.208. The van der Waals surface area contributed by atoms with Crippen molar-refractivity contribution >= 4 is 27.5 Å². The average Bonchev–Trinajstić information content (AvgIpc) is 2.89. The standard InChI is InChI=1S/C18H23ClN4O3S/c1-13-4-6-15(7-5-13)12-23-17(19)16(14(2)20-23)18(24)21-8-10-22(11-9-21)27(3,25)26/h4-7H,8-12H2,1-3H3. The Morgan fingerprint density at radius 2 is 1.70 bits per heavy atom. The van der Waals surface area contributed by atoms with Crippen molar-refractivity contribution in [2.75, 3.05) is 32.4 Å². The van der Waals surface area contributed by atoms with Gasteiger partial charge in [0.15, 0.2) is 0 Å². The van der Waals surface area contributed by atoms with Gasteiger partial charge in [0.2, 0.25) is 10.0 Å². The molecule has 1 amide bonds. The summed E-state index contributed by atoms with van der Waals surface area (Å²) >= 11 is 6.47. The highest BCUT2D eigenvalue weighted by Crippen LogP contribution is 2.23. The number of amides is 1. The fourth-order valence-corrected chi connectivity index (χ4v) is 4.29. The highest BCUT2D eigenvalue weighted by Gasteiger charge is 2.30. The summed E-state index contributed by atoms with van der Waals surface area (Å²) in [6.07, 6.45) is 1.18. The highest BCUT2D eigenvalue weighted by molar-refractivity contribution is 7.88. The van der Waals surface area contributed by atoms with Gasteiger partial charge in [-0.3, -0.25) is 4.79 Å². The Labute approximate surface area is 164 Å². The summed E-state index contributed by atoms with van der Waals surface area (Å²) in [7, 11) is -3.24. The second-order valence-electron chi connectivity index (χ2n) is 6.85. The van der Waals surface area contributed by atoms with Crippen LogP contribution >= 0.6 is 11.6 Å². The Balaban J connectivity index is 1.76. The van der Waals surface area contributed by atoms with Crippen molar-refractivity contribution in [3.8, 4) is 0 Å². The smallest absolute Gasteiger partial charge is 0.258 e. The van der Waals surface area contributed by atoms with E-state index in [1.165, 1.54) is 16.1 Å². The molecule has 3 rings (SSSR count). The van der Waals surface area contributed by atoms with E-state index in [1.54, 1.807) is 16.5 Å². The lowest BCUT2D eigenvalue weighted by Gasteiger charge is -2.33. The van der Waals surface area contributed by atoms with Gasteiger partial charge < -0.3 is 4.90 Å². The minimum absolute atomic E-state index is 0.208. The maximum absolute atomic E-state index is 12.9. The third-order valence-electron chi connectivity index (χ3n) is 4.73. The van der Waals surface area contributed by atoms with E-state index in [-0.39, 0.29) is 5.91 Å². The Kier molecular flexibility index (Phi) is 5.60. The fraction of sp³-hybridized carbons (Fsp3) is 0.444. The van der Waals surface area contributed by atoms with Gasteiger partial charge in [-0.25, -0.2) is 13.1 Å². The number of aromatic nitrogens is 2. The molecule has 146 valence electrons. The molecule has 1 aromatic carbocycles. The monoisotopic (exact) mass is 410 g/mol. The van der Waals surface area contributed by atoms with Crippen LogP contribution in [0.3, 0.4) is 0 Å². The molecule has 0 N–H and O–H groups in total. The van der Waals surface area contributed by atoms with Crippen molar-refractivity contribution < 1.29 is 13.2 Å². The maximum atomic E-state index is 12.9. The van der Waals surface area contributed by atoms with Gasteiger partial charge >= 0.3 is 0 Å². The first-order chi connectivity index (χ1) is 12.7. The largest absolute Gasteiger partial charge is 0.336 e. The molecule has 2 aromatic rings. The lowest BCUT2D eigenvalue weighted by molar-refractivity contribution is 0.0697. The number of nitrogens with zero attached hydrogens (tertiary/aromatic N) is 4. The van der Waals surface area contributed by atoms with Crippen molar-refractivity contribution in [3.63, 3.8) is 0 Å². The van der Waals surface area contributed by atoms with E-state index in [0.717, 1.165) is 5.56 Å². The quantitative estimate of drug-likeness (QED) is 0.771. The number of sulfonamides is 1. The predicted molar refractivity (Wildman–Crippen MR) is 105 cm³/mol. The lowest BCUT2D eigenvalue weighted by Crippen LogP contribution is -2.50. The third kappa shape index (κ3) is 4.34. The summed E-state index contributed by atoms with van der Waals surface area (Å²) in [5.41, 5.74) is 3.18. The predicted octanol–water partition coefficient (Wildman–Crippen LogP) is 1.92. The van der Waals surface area contributed by atoms with Crippen LogP contribution in [0.25, 0.3) is 0 Å². The molecule has 27 heavy (non-hydrogen) atoms. The normalized spacial score (nSPS) is 15.9. The molecule has 0 atom stereocenters. The summed E-state index contributed by atoms with van der Waals surface area (Å²) in [6.45, 7) is 5.52. The maximum Gasteiger partial charge on any atom is 0.258 e. The van der Waals surface area contributed by atoms with Crippen LogP contribution in [-0.4, -0.2) is 65.7 Å². The second-order valence-corrected chi connectivity index (χ2v) is 9.19. The molecule has 0 unspecified atom stereocenters. The molecule has 0 spiro atoms. The van der Waals surface area contributed by atoms with Crippen LogP contribution in [0.5, 0.6) is 0 Å². The van der Waals surface area contributed by atoms with Gasteiger partial charge in [-0.05, 0) is 19.4 Å². The van der Waals surface area contributed by atoms with Gasteiger partial charge in [0, 0.05) is 26.2 Å². The Morgan fingerprint density at radius 1 is 1.11 bits per heavy atom. The molecule has 0 saturated carbocycles. The summed E-state index contributed by atoms with van der Waals surface area (Å²) in [5, 5.41) is 4.74. The molecule has 2 heterocycles. The number of rotatable bonds is 4. The SMILES string of the molecule is Cc1ccc(Cn2nc(C)c(C(=O)N3CCN(S(C)(=O)=O)CC3)c2Cl)cc1. The van der Waals surface area contributed by atoms with Crippen molar-refractivity contribution in [2.45, 2.75) is 20.4 Å². The van der Waals surface area contributed by atoms with E-state index < -0.39 is 10.0 Å². The first-order valence-corrected chi connectivity index (χ1v) is 10.9. The van der Waals surface area contributed by atoms with Crippen LogP contribution in [-0.2, 0) is 16.6 Å². The topological polar surface area (TPSA) is 75.5 Å². The molecule has 1 aliphatic heterocycles. The zero-order valence-corrected chi connectivity index (χ0v) is 17.2. The minimum Gasteiger partial charge on any atom is -0.336 e. The van der Waals surface area contributed by atoms with E-state index in [1.807, 2.05) is 31.2 Å². The van der Waals surface area contributed by atoms with Crippen LogP contribution in [0.15, 0.2) is 24.3 Å². The fourth-order valence-electron chi connectivity index (χ4n) is 3.15. The molecule has 9 heteroatoms. The van der Waals surface area contributed by atoms with Crippen molar-refractivity contribution in [1.29, 1.82) is 0 Å². The van der Waals surface area contributed by atoms with Gasteiger partial charge in [0.25, 0.3) is 5.91 Å². The molecule has 1 fully saturated rings. The molecule has 1 aromatic heterocycles. The van der Waals surface area contributed by atoms with Crippen LogP contribution < -0.4 is 0 Å². The second kappa shape index (κ2) is 7.61. The number of piperazine rings is 1. The molecule has 0 radical (unpaired) electrons. The van der Waals surface area contributed by atoms with E-state index in [0.29, 0.717) is 49.1 Å².